The molecule has 1 N–H and O–H groups in total. The molecular weight excluding hydrogens is 282 g/mol. The van der Waals surface area contributed by atoms with Gasteiger partial charge in [-0.15, -0.1) is 0 Å². The van der Waals surface area contributed by atoms with Crippen LogP contribution in [0.25, 0.3) is 0 Å². The number of carbonyl (C=O) groups excluding carboxylic acids is 1. The Kier molecular flexibility index (Phi) is 4.16. The Labute approximate surface area is 116 Å². The Morgan fingerprint density at radius 1 is 1.30 bits per heavy atom. The van der Waals surface area contributed by atoms with E-state index in [2.05, 4.69) is 15.0 Å². The number of hydrogen-bond donors (Lipinski definition) is 1. The summed E-state index contributed by atoms with van der Waals surface area (Å²) in [6.07, 6.45) is 1.31. The van der Waals surface area contributed by atoms with Crippen LogP contribution in [0.2, 0.25) is 0 Å². The lowest BCUT2D eigenvalue weighted by atomic mass is 10.4. The number of rotatable bonds is 5. The minimum absolute atomic E-state index is 0.136. The van der Waals surface area contributed by atoms with E-state index in [1.807, 2.05) is 0 Å². The minimum atomic E-state index is -3.68. The van der Waals surface area contributed by atoms with E-state index in [0.717, 1.165) is 4.31 Å². The molecule has 0 spiro atoms. The summed E-state index contributed by atoms with van der Waals surface area (Å²) in [5.74, 6) is -0.263. The molecule has 0 fully saturated rings. The molecule has 0 aliphatic carbocycles. The fourth-order valence-corrected chi connectivity index (χ4v) is 2.67. The van der Waals surface area contributed by atoms with Crippen LogP contribution in [0.1, 0.15) is 0 Å². The van der Waals surface area contributed by atoms with Crippen LogP contribution in [0.3, 0.4) is 0 Å². The Hall–Kier alpha value is -2.19. The van der Waals surface area contributed by atoms with Gasteiger partial charge in [0.2, 0.25) is 15.9 Å². The normalized spacial score (nSPS) is 11.5. The van der Waals surface area contributed by atoms with Gasteiger partial charge in [0.15, 0.2) is 5.82 Å². The third kappa shape index (κ3) is 3.22. The first-order valence-corrected chi connectivity index (χ1v) is 7.16. The highest BCUT2D eigenvalue weighted by molar-refractivity contribution is 7.89. The quantitative estimate of drug-likeness (QED) is 0.886. The summed E-state index contributed by atoms with van der Waals surface area (Å²) in [5, 5.41) is 5.94. The molecule has 0 aliphatic heterocycles. The lowest BCUT2D eigenvalue weighted by molar-refractivity contribution is -0.116. The van der Waals surface area contributed by atoms with Gasteiger partial charge in [0.25, 0.3) is 0 Å². The summed E-state index contributed by atoms with van der Waals surface area (Å²) in [5.41, 5.74) is 0. The van der Waals surface area contributed by atoms with E-state index in [4.69, 9.17) is 0 Å². The van der Waals surface area contributed by atoms with Gasteiger partial charge in [-0.2, -0.15) is 4.31 Å². The van der Waals surface area contributed by atoms with E-state index >= 15 is 0 Å². The van der Waals surface area contributed by atoms with Crippen LogP contribution in [0.4, 0.5) is 5.82 Å². The lowest BCUT2D eigenvalue weighted by Crippen LogP contribution is -2.35. The standard InChI is InChI=1S/C12H13N3O4S/c1-15(9-12(16)13-11-7-8-19-14-11)20(17,18)10-5-3-2-4-6-10/h2-8H,9H2,1H3,(H,13,14,16). The predicted octanol–water partition coefficient (Wildman–Crippen LogP) is 0.934. The van der Waals surface area contributed by atoms with Crippen LogP contribution >= 0.6 is 0 Å². The molecule has 2 aromatic rings. The van der Waals surface area contributed by atoms with Gasteiger partial charge in [-0.3, -0.25) is 4.79 Å². The van der Waals surface area contributed by atoms with Gasteiger partial charge in [0.05, 0.1) is 11.4 Å². The third-order valence-corrected chi connectivity index (χ3v) is 4.34. The van der Waals surface area contributed by atoms with E-state index in [1.54, 1.807) is 18.2 Å². The fraction of sp³-hybridized carbons (Fsp3) is 0.167. The first-order chi connectivity index (χ1) is 9.50. The van der Waals surface area contributed by atoms with E-state index in [-0.39, 0.29) is 17.3 Å². The highest BCUT2D eigenvalue weighted by Gasteiger charge is 2.22. The zero-order valence-corrected chi connectivity index (χ0v) is 11.5. The van der Waals surface area contributed by atoms with Crippen molar-refractivity contribution < 1.29 is 17.7 Å². The molecule has 1 amide bonds. The van der Waals surface area contributed by atoms with Gasteiger partial charge in [-0.1, -0.05) is 23.4 Å². The second kappa shape index (κ2) is 5.85. The van der Waals surface area contributed by atoms with Gasteiger partial charge in [-0.25, -0.2) is 8.42 Å². The molecule has 1 aromatic carbocycles. The summed E-state index contributed by atoms with van der Waals surface area (Å²) >= 11 is 0. The van der Waals surface area contributed by atoms with E-state index < -0.39 is 15.9 Å². The van der Waals surface area contributed by atoms with Crippen molar-refractivity contribution in [3.63, 3.8) is 0 Å². The van der Waals surface area contributed by atoms with Crippen molar-refractivity contribution in [2.45, 2.75) is 4.90 Å². The number of hydrogen-bond acceptors (Lipinski definition) is 5. The molecule has 0 atom stereocenters. The maximum atomic E-state index is 12.2. The Balaban J connectivity index is 2.04. The first-order valence-electron chi connectivity index (χ1n) is 5.72. The maximum Gasteiger partial charge on any atom is 0.243 e. The highest BCUT2D eigenvalue weighted by Crippen LogP contribution is 2.13. The number of benzene rings is 1. The molecule has 20 heavy (non-hydrogen) atoms. The Morgan fingerprint density at radius 3 is 2.60 bits per heavy atom. The summed E-state index contributed by atoms with van der Waals surface area (Å²) in [6, 6.07) is 9.37. The predicted molar refractivity (Wildman–Crippen MR) is 71.4 cm³/mol. The molecule has 7 nitrogen and oxygen atoms in total. The number of nitrogens with one attached hydrogen (secondary N) is 1. The van der Waals surface area contributed by atoms with Gasteiger partial charge in [0, 0.05) is 13.1 Å². The van der Waals surface area contributed by atoms with Gasteiger partial charge in [-0.05, 0) is 12.1 Å². The van der Waals surface area contributed by atoms with Crippen molar-refractivity contribution in [2.24, 2.45) is 0 Å². The van der Waals surface area contributed by atoms with Crippen LogP contribution in [0.15, 0.2) is 52.1 Å². The van der Waals surface area contributed by atoms with Crippen molar-refractivity contribution >= 4 is 21.7 Å². The fourth-order valence-electron chi connectivity index (χ4n) is 1.52. The summed E-state index contributed by atoms with van der Waals surface area (Å²) in [7, 11) is -2.35. The number of amides is 1. The lowest BCUT2D eigenvalue weighted by Gasteiger charge is -2.16. The Bertz CT molecular complexity index is 668. The average Bonchev–Trinajstić information content (AvgIpc) is 2.92. The van der Waals surface area contributed by atoms with Crippen molar-refractivity contribution in [3.05, 3.63) is 42.7 Å². The van der Waals surface area contributed by atoms with Crippen LogP contribution in [0, 0.1) is 0 Å². The third-order valence-electron chi connectivity index (χ3n) is 2.52. The van der Waals surface area contributed by atoms with Crippen molar-refractivity contribution in [3.8, 4) is 0 Å². The number of likely N-dealkylation sites (N-methyl/N-ethyl adjacent to an activating group) is 1. The van der Waals surface area contributed by atoms with Crippen molar-refractivity contribution in [1.82, 2.24) is 9.46 Å². The second-order valence-electron chi connectivity index (χ2n) is 4.01. The zero-order chi connectivity index (χ0) is 14.6. The van der Waals surface area contributed by atoms with Crippen LogP contribution in [-0.4, -0.2) is 37.4 Å². The molecular formula is C12H13N3O4S. The van der Waals surface area contributed by atoms with Crippen molar-refractivity contribution in [2.75, 3.05) is 18.9 Å². The van der Waals surface area contributed by atoms with Gasteiger partial charge >= 0.3 is 0 Å². The summed E-state index contributed by atoms with van der Waals surface area (Å²) < 4.78 is 29.9. The smallest absolute Gasteiger partial charge is 0.243 e. The largest absolute Gasteiger partial charge is 0.363 e. The number of carbonyl (C=O) groups is 1. The molecule has 2 rings (SSSR count). The highest BCUT2D eigenvalue weighted by atomic mass is 32.2. The average molecular weight is 295 g/mol. The summed E-state index contributed by atoms with van der Waals surface area (Å²) in [4.78, 5) is 11.8. The molecule has 0 saturated carbocycles. The SMILES string of the molecule is CN(CC(=O)Nc1ccon1)S(=O)(=O)c1ccccc1. The summed E-state index contributed by atoms with van der Waals surface area (Å²) in [6.45, 7) is -0.315. The number of aromatic nitrogens is 1. The molecule has 0 bridgehead atoms. The molecule has 0 saturated heterocycles. The van der Waals surface area contributed by atoms with Gasteiger partial charge < -0.3 is 9.84 Å². The first kappa shape index (κ1) is 14.2. The van der Waals surface area contributed by atoms with Crippen molar-refractivity contribution in [1.29, 1.82) is 0 Å². The Morgan fingerprint density at radius 2 is 2.00 bits per heavy atom. The van der Waals surface area contributed by atoms with E-state index in [0.29, 0.717) is 0 Å². The van der Waals surface area contributed by atoms with Crippen LogP contribution < -0.4 is 5.32 Å². The number of nitrogens with zero attached hydrogens (tertiary/aromatic N) is 2. The molecule has 0 radical (unpaired) electrons. The van der Waals surface area contributed by atoms with Crippen LogP contribution in [0.5, 0.6) is 0 Å². The number of sulfonamides is 1. The van der Waals surface area contributed by atoms with E-state index in [9.17, 15) is 13.2 Å². The van der Waals surface area contributed by atoms with Gasteiger partial charge in [0.1, 0.15) is 6.26 Å². The molecule has 1 aromatic heterocycles. The van der Waals surface area contributed by atoms with E-state index in [1.165, 1.54) is 31.5 Å². The topological polar surface area (TPSA) is 92.5 Å². The molecule has 106 valence electrons. The molecule has 8 heteroatoms. The maximum absolute atomic E-state index is 12.2. The minimum Gasteiger partial charge on any atom is -0.363 e. The monoisotopic (exact) mass is 295 g/mol. The number of anilines is 1. The van der Waals surface area contributed by atoms with Crippen LogP contribution in [-0.2, 0) is 14.8 Å². The zero-order valence-electron chi connectivity index (χ0n) is 10.7. The molecule has 0 unspecified atom stereocenters. The molecule has 0 aliphatic rings. The second-order valence-corrected chi connectivity index (χ2v) is 6.05. The molecule has 1 heterocycles.